The summed E-state index contributed by atoms with van der Waals surface area (Å²) >= 11 is 0. The molecule has 0 N–H and O–H groups in total. The van der Waals surface area contributed by atoms with E-state index in [0.717, 1.165) is 34.8 Å². The first kappa shape index (κ1) is 26.9. The fraction of sp³-hybridized carbons (Fsp3) is 0.273. The lowest BCUT2D eigenvalue weighted by Gasteiger charge is -2.31. The summed E-state index contributed by atoms with van der Waals surface area (Å²) in [6.07, 6.45) is 23.6. The van der Waals surface area contributed by atoms with Crippen molar-refractivity contribution in [3.05, 3.63) is 121 Å². The Balaban J connectivity index is 2.09. The van der Waals surface area contributed by atoms with Crippen LogP contribution in [-0.4, -0.2) is 14.8 Å². The van der Waals surface area contributed by atoms with E-state index in [0.29, 0.717) is 0 Å². The molecule has 0 spiro atoms. The molecule has 1 aromatic carbocycles. The minimum Gasteiger partial charge on any atom is -0.297 e. The fourth-order valence-electron chi connectivity index (χ4n) is 4.02. The van der Waals surface area contributed by atoms with Crippen LogP contribution in [0.5, 0.6) is 0 Å². The molecule has 0 amide bonds. The monoisotopic (exact) mass is 477 g/mol. The van der Waals surface area contributed by atoms with Gasteiger partial charge in [0.15, 0.2) is 11.6 Å². The van der Waals surface area contributed by atoms with E-state index in [1.165, 1.54) is 11.1 Å². The molecule has 186 valence electrons. The second kappa shape index (κ2) is 11.3. The highest BCUT2D eigenvalue weighted by Gasteiger charge is 2.31. The summed E-state index contributed by atoms with van der Waals surface area (Å²) in [7, 11) is 0. The van der Waals surface area contributed by atoms with Crippen LogP contribution < -0.4 is 0 Å². The minimum atomic E-state index is -0.282. The number of hydrogen-bond donors (Lipinski definition) is 0. The van der Waals surface area contributed by atoms with Crippen molar-refractivity contribution < 1.29 is 0 Å². The molecular formula is C33H39N3. The predicted octanol–water partition coefficient (Wildman–Crippen LogP) is 8.88. The van der Waals surface area contributed by atoms with E-state index in [4.69, 9.17) is 10.2 Å². The zero-order valence-corrected chi connectivity index (χ0v) is 22.6. The molecular weight excluding hydrogens is 438 g/mol. The maximum absolute atomic E-state index is 4.71. The van der Waals surface area contributed by atoms with Crippen molar-refractivity contribution in [1.82, 2.24) is 14.8 Å². The highest BCUT2D eigenvalue weighted by molar-refractivity contribution is 5.73. The van der Waals surface area contributed by atoms with Gasteiger partial charge in [-0.1, -0.05) is 125 Å². The topological polar surface area (TPSA) is 30.7 Å². The Bertz CT molecular complexity index is 1280. The van der Waals surface area contributed by atoms with Crippen molar-refractivity contribution in [2.45, 2.75) is 53.5 Å². The summed E-state index contributed by atoms with van der Waals surface area (Å²) in [5.74, 6) is 1.71. The third kappa shape index (κ3) is 6.09. The van der Waals surface area contributed by atoms with Crippen LogP contribution in [0, 0.1) is 5.41 Å². The van der Waals surface area contributed by atoms with E-state index in [9.17, 15) is 0 Å². The Morgan fingerprint density at radius 2 is 1.78 bits per heavy atom. The maximum Gasteiger partial charge on any atom is 0.165 e. The molecule has 1 heterocycles. The summed E-state index contributed by atoms with van der Waals surface area (Å²) in [4.78, 5) is 0. The van der Waals surface area contributed by atoms with Crippen molar-refractivity contribution >= 4 is 11.1 Å². The molecule has 0 bridgehead atoms. The molecule has 0 saturated carbocycles. The van der Waals surface area contributed by atoms with Gasteiger partial charge in [-0.3, -0.25) is 4.57 Å². The number of benzene rings is 1. The van der Waals surface area contributed by atoms with E-state index in [1.54, 1.807) is 6.08 Å². The van der Waals surface area contributed by atoms with Gasteiger partial charge >= 0.3 is 0 Å². The first-order valence-corrected chi connectivity index (χ1v) is 12.5. The smallest absolute Gasteiger partial charge is 0.165 e. The molecule has 3 heteroatoms. The van der Waals surface area contributed by atoms with Gasteiger partial charge in [0.1, 0.15) is 0 Å². The summed E-state index contributed by atoms with van der Waals surface area (Å²) in [5, 5.41) is 9.42. The highest BCUT2D eigenvalue weighted by atomic mass is 15.3. The number of nitrogens with zero attached hydrogens (tertiary/aromatic N) is 3. The summed E-state index contributed by atoms with van der Waals surface area (Å²) in [6.45, 7) is 20.9. The molecule has 36 heavy (non-hydrogen) atoms. The van der Waals surface area contributed by atoms with Crippen LogP contribution in [0.1, 0.15) is 59.4 Å². The average Bonchev–Trinajstić information content (AvgIpc) is 3.30. The molecule has 3 nitrogen and oxygen atoms in total. The SMILES string of the molecule is C=C/C=C\C=C(/C)c1ccc(-c2nnc(C(/C=C\C(=C)C(C)(C)C)=C/C)n2C2(C)C=CC=CC2)cc1. The van der Waals surface area contributed by atoms with Crippen LogP contribution in [0.4, 0.5) is 0 Å². The normalized spacial score (nSPS) is 18.9. The maximum atomic E-state index is 4.71. The number of rotatable bonds is 8. The van der Waals surface area contributed by atoms with Gasteiger partial charge in [-0.25, -0.2) is 0 Å². The number of aromatic nitrogens is 3. The molecule has 0 aliphatic heterocycles. The third-order valence-corrected chi connectivity index (χ3v) is 6.60. The Morgan fingerprint density at radius 1 is 1.06 bits per heavy atom. The van der Waals surface area contributed by atoms with Crippen LogP contribution >= 0.6 is 0 Å². The van der Waals surface area contributed by atoms with Crippen LogP contribution in [-0.2, 0) is 5.54 Å². The van der Waals surface area contributed by atoms with Gasteiger partial charge in [0.05, 0.1) is 5.54 Å². The van der Waals surface area contributed by atoms with Gasteiger partial charge in [0, 0.05) is 11.1 Å². The van der Waals surface area contributed by atoms with Crippen LogP contribution in [0.25, 0.3) is 22.5 Å². The third-order valence-electron chi connectivity index (χ3n) is 6.60. The molecule has 1 aliphatic rings. The number of hydrogen-bond acceptors (Lipinski definition) is 2. The minimum absolute atomic E-state index is 0.00681. The summed E-state index contributed by atoms with van der Waals surface area (Å²) in [6, 6.07) is 8.55. The Hall–Kier alpha value is -3.72. The molecule has 2 aromatic rings. The lowest BCUT2D eigenvalue weighted by molar-refractivity contribution is 0.411. The second-order valence-corrected chi connectivity index (χ2v) is 10.4. The standard InChI is InChI=1S/C33H39N3/c1-9-11-13-16-25(3)28-19-21-29(22-20-28)31-35-34-30(36(31)33(8)23-14-12-15-24-33)27(10-2)18-17-26(4)32(5,6)7/h9-23H,1,4,24H2,2-3,5-8H3/b13-11-,18-17-,25-16+,27-10+. The first-order chi connectivity index (χ1) is 17.1. The van der Waals surface area contributed by atoms with Crippen molar-refractivity contribution in [3.63, 3.8) is 0 Å². The molecule has 1 aliphatic carbocycles. The van der Waals surface area contributed by atoms with Gasteiger partial charge in [0.25, 0.3) is 0 Å². The van der Waals surface area contributed by atoms with E-state index in [2.05, 4.69) is 125 Å². The Labute approximate surface area is 217 Å². The largest absolute Gasteiger partial charge is 0.297 e. The Kier molecular flexibility index (Phi) is 8.47. The predicted molar refractivity (Wildman–Crippen MR) is 156 cm³/mol. The lowest BCUT2D eigenvalue weighted by Crippen LogP contribution is -2.30. The van der Waals surface area contributed by atoms with Gasteiger partial charge in [-0.05, 0) is 49.3 Å². The van der Waals surface area contributed by atoms with Crippen molar-refractivity contribution in [2.24, 2.45) is 5.41 Å². The molecule has 3 rings (SSSR count). The summed E-state index contributed by atoms with van der Waals surface area (Å²) < 4.78 is 2.27. The van der Waals surface area contributed by atoms with Gasteiger partial charge in [-0.2, -0.15) is 0 Å². The summed E-state index contributed by atoms with van der Waals surface area (Å²) in [5.41, 5.74) is 5.21. The fourth-order valence-corrected chi connectivity index (χ4v) is 4.02. The Morgan fingerprint density at radius 3 is 2.36 bits per heavy atom. The van der Waals surface area contributed by atoms with Crippen molar-refractivity contribution in [2.75, 3.05) is 0 Å². The molecule has 1 atom stereocenters. The average molecular weight is 478 g/mol. The van der Waals surface area contributed by atoms with E-state index >= 15 is 0 Å². The number of allylic oxidation sites excluding steroid dienone is 14. The van der Waals surface area contributed by atoms with Crippen LogP contribution in [0.3, 0.4) is 0 Å². The zero-order chi connectivity index (χ0) is 26.3. The van der Waals surface area contributed by atoms with E-state index in [-0.39, 0.29) is 11.0 Å². The molecule has 1 unspecified atom stereocenters. The van der Waals surface area contributed by atoms with Gasteiger partial charge in [-0.15, -0.1) is 10.2 Å². The molecule has 0 fully saturated rings. The first-order valence-electron chi connectivity index (χ1n) is 12.5. The quantitative estimate of drug-likeness (QED) is 0.355. The van der Waals surface area contributed by atoms with E-state index < -0.39 is 0 Å². The van der Waals surface area contributed by atoms with Gasteiger partial charge in [0.2, 0.25) is 0 Å². The van der Waals surface area contributed by atoms with Gasteiger partial charge < -0.3 is 0 Å². The molecule has 0 radical (unpaired) electrons. The van der Waals surface area contributed by atoms with Crippen LogP contribution in [0.2, 0.25) is 0 Å². The van der Waals surface area contributed by atoms with Crippen LogP contribution in [0.15, 0.2) is 110 Å². The molecule has 1 aromatic heterocycles. The zero-order valence-electron chi connectivity index (χ0n) is 22.6. The lowest BCUT2D eigenvalue weighted by atomic mass is 9.87. The molecule has 0 saturated heterocycles. The second-order valence-electron chi connectivity index (χ2n) is 10.4. The van der Waals surface area contributed by atoms with Crippen molar-refractivity contribution in [3.8, 4) is 11.4 Å². The van der Waals surface area contributed by atoms with Crippen molar-refractivity contribution in [1.29, 1.82) is 0 Å². The highest BCUT2D eigenvalue weighted by Crippen LogP contribution is 2.35. The van der Waals surface area contributed by atoms with E-state index in [1.807, 2.05) is 19.1 Å².